The Morgan fingerprint density at radius 1 is 1.08 bits per heavy atom. The van der Waals surface area contributed by atoms with Gasteiger partial charge in [0.2, 0.25) is 0 Å². The number of carbonyl (C=O) groups excluding carboxylic acids is 1. The topological polar surface area (TPSA) is 61.7 Å². The predicted octanol–water partition coefficient (Wildman–Crippen LogP) is 6.16. The minimum Gasteiger partial charge on any atom is -0.368 e. The van der Waals surface area contributed by atoms with Crippen LogP contribution in [0, 0.1) is 0 Å². The number of rotatable bonds is 6. The summed E-state index contributed by atoms with van der Waals surface area (Å²) in [5, 5.41) is 6.23. The average Bonchev–Trinajstić information content (AvgIpc) is 3.25. The van der Waals surface area contributed by atoms with Crippen LogP contribution in [0.2, 0.25) is 5.02 Å². The molecule has 1 aliphatic carbocycles. The van der Waals surface area contributed by atoms with Gasteiger partial charge in [-0.2, -0.15) is 26.3 Å². The number of pyridine rings is 1. The second-order valence-electron chi connectivity index (χ2n) is 9.06. The molecule has 2 N–H and O–H groups in total. The molecule has 0 bridgehead atoms. The van der Waals surface area contributed by atoms with Gasteiger partial charge < -0.3 is 15.5 Å². The first-order valence-electron chi connectivity index (χ1n) is 11.5. The lowest BCUT2D eigenvalue weighted by molar-refractivity contribution is -0.140. The van der Waals surface area contributed by atoms with Crippen molar-refractivity contribution >= 4 is 34.7 Å². The normalized spacial score (nSPS) is 18.6. The lowest BCUT2D eigenvalue weighted by Gasteiger charge is -2.30. The van der Waals surface area contributed by atoms with Gasteiger partial charge in [-0.05, 0) is 56.0 Å². The summed E-state index contributed by atoms with van der Waals surface area (Å²) in [6, 6.07) is 8.79. The Morgan fingerprint density at radius 3 is 2.38 bits per heavy atom. The molecule has 1 aliphatic rings. The fourth-order valence-corrected chi connectivity index (χ4v) is 4.67. The Balaban J connectivity index is 1.33. The van der Waals surface area contributed by atoms with Gasteiger partial charge in [0.1, 0.15) is 18.0 Å². The van der Waals surface area contributed by atoms with E-state index in [4.69, 9.17) is 11.6 Å². The number of anilines is 2. The zero-order valence-corrected chi connectivity index (χ0v) is 20.4. The molecule has 13 heteroatoms. The van der Waals surface area contributed by atoms with Crippen molar-refractivity contribution < 1.29 is 31.1 Å². The van der Waals surface area contributed by atoms with Gasteiger partial charge in [-0.1, -0.05) is 17.7 Å². The lowest BCUT2D eigenvalue weighted by atomic mass is 9.91. The molecule has 2 aromatic heterocycles. The Bertz CT molecular complexity index is 1270. The number of nitrogens with one attached hydrogen (secondary N) is 2. The maximum atomic E-state index is 13.0. The number of halogens is 7. The van der Waals surface area contributed by atoms with Crippen LogP contribution in [0.5, 0.6) is 0 Å². The number of alkyl halides is 6. The summed E-state index contributed by atoms with van der Waals surface area (Å²) >= 11 is 6.19. The van der Waals surface area contributed by atoms with Crippen LogP contribution in [-0.2, 0) is 6.18 Å². The van der Waals surface area contributed by atoms with Crippen LogP contribution in [0.1, 0.15) is 41.7 Å². The molecule has 200 valence electrons. The summed E-state index contributed by atoms with van der Waals surface area (Å²) in [5.41, 5.74) is -0.378. The van der Waals surface area contributed by atoms with Crippen molar-refractivity contribution in [1.29, 1.82) is 0 Å². The lowest BCUT2D eigenvalue weighted by Crippen LogP contribution is -2.40. The van der Waals surface area contributed by atoms with Gasteiger partial charge in [-0.25, -0.2) is 4.98 Å². The van der Waals surface area contributed by atoms with Gasteiger partial charge in [0.05, 0.1) is 10.6 Å². The Hall–Kier alpha value is -3.15. The van der Waals surface area contributed by atoms with Crippen LogP contribution in [-0.4, -0.2) is 47.1 Å². The van der Waals surface area contributed by atoms with Gasteiger partial charge in [0, 0.05) is 31.0 Å². The first-order chi connectivity index (χ1) is 17.3. The molecule has 6 nitrogen and oxygen atoms in total. The molecule has 0 aliphatic heterocycles. The highest BCUT2D eigenvalue weighted by Gasteiger charge is 2.34. The third kappa shape index (κ3) is 6.60. The van der Waals surface area contributed by atoms with Crippen molar-refractivity contribution in [3.63, 3.8) is 0 Å². The van der Waals surface area contributed by atoms with E-state index in [-0.39, 0.29) is 34.0 Å². The minimum absolute atomic E-state index is 0.0115. The maximum absolute atomic E-state index is 13.0. The molecule has 1 aromatic carbocycles. The number of nitrogens with zero attached hydrogens (tertiary/aromatic N) is 3. The van der Waals surface area contributed by atoms with Crippen molar-refractivity contribution in [2.75, 3.05) is 23.8 Å². The van der Waals surface area contributed by atoms with Crippen molar-refractivity contribution in [3.05, 3.63) is 58.9 Å². The number of hydrogen-bond acceptors (Lipinski definition) is 4. The van der Waals surface area contributed by atoms with Gasteiger partial charge in [-0.15, -0.1) is 0 Å². The Kier molecular flexibility index (Phi) is 7.50. The van der Waals surface area contributed by atoms with Gasteiger partial charge in [0.25, 0.3) is 5.91 Å². The highest BCUT2D eigenvalue weighted by atomic mass is 35.5. The Morgan fingerprint density at radius 2 is 1.76 bits per heavy atom. The number of aromatic nitrogens is 2. The van der Waals surface area contributed by atoms with Crippen LogP contribution in [0.4, 0.5) is 37.8 Å². The molecule has 0 saturated heterocycles. The fourth-order valence-electron chi connectivity index (χ4n) is 4.41. The highest BCUT2D eigenvalue weighted by molar-refractivity contribution is 6.34. The molecule has 37 heavy (non-hydrogen) atoms. The molecule has 0 unspecified atom stereocenters. The van der Waals surface area contributed by atoms with Crippen molar-refractivity contribution in [1.82, 2.24) is 14.7 Å². The van der Waals surface area contributed by atoms with E-state index in [2.05, 4.69) is 15.6 Å². The summed E-state index contributed by atoms with van der Waals surface area (Å²) < 4.78 is 78.4. The number of amides is 1. The number of imidazole rings is 1. The summed E-state index contributed by atoms with van der Waals surface area (Å²) in [6.07, 6.45) is -5.38. The largest absolute Gasteiger partial charge is 0.434 e. The van der Waals surface area contributed by atoms with E-state index < -0.39 is 30.5 Å². The standard InChI is InChI=1S/C24H24ClF6N5O/c1-35(13-23(26,27)28)16-9-10-17(18(25)11-16)22(37)33-15-7-5-14(6-8-15)32-20-3-2-4-21-34-19(12-36(20)21)24(29,30)31/h2-4,9-12,14-15,32H,5-8,13H2,1H3,(H,33,37). The molecule has 2 heterocycles. The summed E-state index contributed by atoms with van der Waals surface area (Å²) in [7, 11) is 1.29. The first-order valence-corrected chi connectivity index (χ1v) is 11.9. The van der Waals surface area contributed by atoms with E-state index >= 15 is 0 Å². The number of carbonyl (C=O) groups is 1. The minimum atomic E-state index is -4.54. The zero-order chi connectivity index (χ0) is 27.0. The van der Waals surface area contributed by atoms with Crippen molar-refractivity contribution in [3.8, 4) is 0 Å². The first kappa shape index (κ1) is 26.9. The highest BCUT2D eigenvalue weighted by Crippen LogP contribution is 2.31. The second kappa shape index (κ2) is 10.3. The third-order valence-electron chi connectivity index (χ3n) is 6.25. The van der Waals surface area contributed by atoms with E-state index in [1.54, 1.807) is 12.1 Å². The third-order valence-corrected chi connectivity index (χ3v) is 6.56. The van der Waals surface area contributed by atoms with Crippen molar-refractivity contribution in [2.24, 2.45) is 0 Å². The van der Waals surface area contributed by atoms with Gasteiger partial charge in [0.15, 0.2) is 5.69 Å². The molecule has 1 fully saturated rings. The molecule has 3 aromatic rings. The zero-order valence-electron chi connectivity index (χ0n) is 19.6. The smallest absolute Gasteiger partial charge is 0.368 e. The molecule has 0 radical (unpaired) electrons. The number of hydrogen-bond donors (Lipinski definition) is 2. The van der Waals surface area contributed by atoms with E-state index in [1.807, 2.05) is 0 Å². The van der Waals surface area contributed by atoms with Crippen LogP contribution in [0.15, 0.2) is 42.6 Å². The monoisotopic (exact) mass is 547 g/mol. The molecule has 1 amide bonds. The molecule has 4 rings (SSSR count). The van der Waals surface area contributed by atoms with Gasteiger partial charge >= 0.3 is 12.4 Å². The van der Waals surface area contributed by atoms with Crippen LogP contribution < -0.4 is 15.5 Å². The van der Waals surface area contributed by atoms with Crippen LogP contribution in [0.25, 0.3) is 5.65 Å². The predicted molar refractivity (Wildman–Crippen MR) is 128 cm³/mol. The summed E-state index contributed by atoms with van der Waals surface area (Å²) in [6.45, 7) is -1.15. The summed E-state index contributed by atoms with van der Waals surface area (Å²) in [5.74, 6) is 0.0737. The molecular formula is C24H24ClF6N5O. The number of fused-ring (bicyclic) bond motifs is 1. The Labute approximate surface area is 213 Å². The van der Waals surface area contributed by atoms with Gasteiger partial charge in [-0.3, -0.25) is 9.20 Å². The summed E-state index contributed by atoms with van der Waals surface area (Å²) in [4.78, 5) is 17.4. The maximum Gasteiger partial charge on any atom is 0.434 e. The van der Waals surface area contributed by atoms with Crippen LogP contribution >= 0.6 is 11.6 Å². The van der Waals surface area contributed by atoms with E-state index in [0.29, 0.717) is 31.5 Å². The van der Waals surface area contributed by atoms with E-state index in [1.165, 1.54) is 35.7 Å². The molecule has 1 saturated carbocycles. The number of benzene rings is 1. The molecule has 0 atom stereocenters. The molecule has 0 spiro atoms. The van der Waals surface area contributed by atoms with Crippen molar-refractivity contribution in [2.45, 2.75) is 50.1 Å². The average molecular weight is 548 g/mol. The van der Waals surface area contributed by atoms with E-state index in [9.17, 15) is 31.1 Å². The van der Waals surface area contributed by atoms with E-state index in [0.717, 1.165) is 11.1 Å². The molecular weight excluding hydrogens is 524 g/mol. The quantitative estimate of drug-likeness (QED) is 0.363. The second-order valence-corrected chi connectivity index (χ2v) is 9.47. The SMILES string of the molecule is CN(CC(F)(F)F)c1ccc(C(=O)NC2CCC(Nc3cccc4nc(C(F)(F)F)cn34)CC2)c(Cl)c1. The fraction of sp³-hybridized carbons (Fsp3) is 0.417. The van der Waals surface area contributed by atoms with Crippen LogP contribution in [0.3, 0.4) is 0 Å².